The molecule has 2 aliphatic rings. The second-order valence-electron chi connectivity index (χ2n) is 8.70. The Kier molecular flexibility index (Phi) is 7.97. The van der Waals surface area contributed by atoms with Gasteiger partial charge in [-0.2, -0.15) is 0 Å². The van der Waals surface area contributed by atoms with Gasteiger partial charge in [-0.15, -0.1) is 0 Å². The first-order valence-electron chi connectivity index (χ1n) is 11.9. The molecule has 1 amide bonds. The van der Waals surface area contributed by atoms with E-state index < -0.39 is 0 Å². The van der Waals surface area contributed by atoms with Gasteiger partial charge in [0.1, 0.15) is 23.5 Å². The summed E-state index contributed by atoms with van der Waals surface area (Å²) in [5, 5.41) is 13.3. The number of carbonyl (C=O) groups excluding carboxylic acids is 1. The zero-order valence-corrected chi connectivity index (χ0v) is 20.0. The number of benzene rings is 2. The highest BCUT2D eigenvalue weighted by Crippen LogP contribution is 2.34. The molecule has 2 N–H and O–H groups in total. The molecule has 0 spiro atoms. The topological polar surface area (TPSA) is 96.8 Å². The zero-order chi connectivity index (χ0) is 24.8. The summed E-state index contributed by atoms with van der Waals surface area (Å²) in [5.41, 5.74) is 1.27. The van der Waals surface area contributed by atoms with Gasteiger partial charge >= 0.3 is 6.09 Å². The summed E-state index contributed by atoms with van der Waals surface area (Å²) < 4.78 is 23.7. The van der Waals surface area contributed by atoms with Crippen molar-refractivity contribution in [1.82, 2.24) is 15.3 Å². The molecule has 3 aromatic rings. The van der Waals surface area contributed by atoms with Crippen LogP contribution in [0.1, 0.15) is 26.2 Å². The number of rotatable bonds is 4. The van der Waals surface area contributed by atoms with Crippen LogP contribution in [0.5, 0.6) is 5.75 Å². The molecule has 2 aliphatic heterocycles. The number of nitrogens with zero attached hydrogens (tertiary/aromatic N) is 3. The van der Waals surface area contributed by atoms with E-state index in [0.717, 1.165) is 43.6 Å². The molecule has 3 heterocycles. The lowest BCUT2D eigenvalue weighted by Crippen LogP contribution is -2.25. The number of halogens is 1. The number of aromatic hydroxyl groups is 1. The summed E-state index contributed by atoms with van der Waals surface area (Å²) >= 11 is 0. The number of carbonyl (C=O) groups is 1. The predicted molar refractivity (Wildman–Crippen MR) is 132 cm³/mol. The van der Waals surface area contributed by atoms with Crippen LogP contribution in [0.15, 0.2) is 42.5 Å². The van der Waals surface area contributed by atoms with Crippen molar-refractivity contribution in [2.75, 3.05) is 38.3 Å². The first kappa shape index (κ1) is 24.7. The number of amides is 1. The van der Waals surface area contributed by atoms with E-state index in [1.165, 1.54) is 19.2 Å². The van der Waals surface area contributed by atoms with Gasteiger partial charge in [-0.05, 0) is 42.7 Å². The standard InChI is InChI=1S/C20H20FN3O.C6H11NO3/c1-2-13-9-10-24(12-13)20-16-11-14(21)7-8-17(16)22-19(23-20)15-5-3-4-6-18(15)25;1-7-6(8)10-5-2-3-9-4-5/h3-8,11,13,25H,2,9-10,12H2,1H3;5H,2-4H2,1H3,(H,7,8). The lowest BCUT2D eigenvalue weighted by molar-refractivity contribution is 0.0846. The Morgan fingerprint density at radius 3 is 2.77 bits per heavy atom. The number of para-hydroxylation sites is 1. The van der Waals surface area contributed by atoms with E-state index in [2.05, 4.69) is 22.1 Å². The second kappa shape index (κ2) is 11.3. The number of hydrogen-bond acceptors (Lipinski definition) is 7. The van der Waals surface area contributed by atoms with E-state index in [1.54, 1.807) is 24.3 Å². The highest BCUT2D eigenvalue weighted by atomic mass is 19.1. The first-order valence-corrected chi connectivity index (χ1v) is 11.9. The van der Waals surface area contributed by atoms with Crippen LogP contribution in [0, 0.1) is 11.7 Å². The summed E-state index contributed by atoms with van der Waals surface area (Å²) in [6.45, 7) is 5.25. The Morgan fingerprint density at radius 1 is 1.26 bits per heavy atom. The van der Waals surface area contributed by atoms with Crippen LogP contribution in [0.3, 0.4) is 0 Å². The maximum absolute atomic E-state index is 13.8. The van der Waals surface area contributed by atoms with Crippen LogP contribution in [0.25, 0.3) is 22.3 Å². The zero-order valence-electron chi connectivity index (χ0n) is 20.0. The van der Waals surface area contributed by atoms with Crippen molar-refractivity contribution in [2.24, 2.45) is 5.92 Å². The molecule has 0 radical (unpaired) electrons. The molecule has 0 aliphatic carbocycles. The molecule has 8 nitrogen and oxygen atoms in total. The van der Waals surface area contributed by atoms with Gasteiger partial charge in [0.2, 0.25) is 0 Å². The molecule has 186 valence electrons. The SMILES string of the molecule is CCC1CCN(c2nc(-c3ccccc3O)nc3ccc(F)cc23)C1.CNC(=O)OC1CCOC1. The summed E-state index contributed by atoms with van der Waals surface area (Å²) in [5.74, 6) is 1.69. The van der Waals surface area contributed by atoms with Gasteiger partial charge in [-0.25, -0.2) is 19.2 Å². The largest absolute Gasteiger partial charge is 0.507 e. The van der Waals surface area contributed by atoms with Gasteiger partial charge in [0.25, 0.3) is 0 Å². The van der Waals surface area contributed by atoms with E-state index >= 15 is 0 Å². The normalized spacial score (nSPS) is 19.3. The Bertz CT molecular complexity index is 1170. The molecule has 0 bridgehead atoms. The lowest BCUT2D eigenvalue weighted by Gasteiger charge is -2.20. The molecule has 2 fully saturated rings. The number of hydrogen-bond donors (Lipinski definition) is 2. The van der Waals surface area contributed by atoms with Crippen LogP contribution < -0.4 is 10.2 Å². The van der Waals surface area contributed by atoms with E-state index in [1.807, 2.05) is 6.07 Å². The predicted octanol–water partition coefficient (Wildman–Crippen LogP) is 4.51. The maximum Gasteiger partial charge on any atom is 0.407 e. The van der Waals surface area contributed by atoms with Crippen LogP contribution in [0.2, 0.25) is 0 Å². The molecule has 0 saturated carbocycles. The number of nitrogens with one attached hydrogen (secondary N) is 1. The summed E-state index contributed by atoms with van der Waals surface area (Å²) in [6, 6.07) is 11.6. The third-order valence-electron chi connectivity index (χ3n) is 6.31. The Balaban J connectivity index is 0.000000243. The van der Waals surface area contributed by atoms with Crippen molar-refractivity contribution >= 4 is 22.8 Å². The number of ether oxygens (including phenoxy) is 2. The molecule has 1 aromatic heterocycles. The molecule has 2 aromatic carbocycles. The van der Waals surface area contributed by atoms with Crippen molar-refractivity contribution in [2.45, 2.75) is 32.3 Å². The van der Waals surface area contributed by atoms with E-state index in [-0.39, 0.29) is 23.8 Å². The molecule has 9 heteroatoms. The van der Waals surface area contributed by atoms with E-state index in [9.17, 15) is 14.3 Å². The van der Waals surface area contributed by atoms with Crippen molar-refractivity contribution in [1.29, 1.82) is 0 Å². The Morgan fingerprint density at radius 2 is 2.09 bits per heavy atom. The van der Waals surface area contributed by atoms with E-state index in [4.69, 9.17) is 14.5 Å². The van der Waals surface area contributed by atoms with Gasteiger partial charge < -0.3 is 24.8 Å². The minimum atomic E-state index is -0.379. The Hall–Kier alpha value is -3.46. The molecule has 2 saturated heterocycles. The van der Waals surface area contributed by atoms with Gasteiger partial charge in [-0.1, -0.05) is 25.5 Å². The minimum Gasteiger partial charge on any atom is -0.507 e. The average molecular weight is 483 g/mol. The lowest BCUT2D eigenvalue weighted by atomic mass is 10.1. The van der Waals surface area contributed by atoms with Crippen molar-refractivity contribution in [3.8, 4) is 17.1 Å². The fraction of sp³-hybridized carbons (Fsp3) is 0.423. The first-order chi connectivity index (χ1) is 17.0. The Labute approximate surface area is 204 Å². The van der Waals surface area contributed by atoms with Crippen LogP contribution in [-0.2, 0) is 9.47 Å². The molecular formula is C26H31FN4O4. The average Bonchev–Trinajstić information content (AvgIpc) is 3.56. The second-order valence-corrected chi connectivity index (χ2v) is 8.70. The quantitative estimate of drug-likeness (QED) is 0.565. The van der Waals surface area contributed by atoms with E-state index in [0.29, 0.717) is 36.0 Å². The molecule has 35 heavy (non-hydrogen) atoms. The fourth-order valence-electron chi connectivity index (χ4n) is 4.28. The number of anilines is 1. The third-order valence-corrected chi connectivity index (χ3v) is 6.31. The maximum atomic E-state index is 13.8. The van der Waals surface area contributed by atoms with Crippen molar-refractivity contribution in [3.05, 3.63) is 48.3 Å². The monoisotopic (exact) mass is 482 g/mol. The molecule has 2 unspecified atom stereocenters. The number of aromatic nitrogens is 2. The summed E-state index contributed by atoms with van der Waals surface area (Å²) in [6.07, 6.45) is 2.63. The van der Waals surface area contributed by atoms with Gasteiger partial charge in [0.05, 0.1) is 24.3 Å². The number of fused-ring (bicyclic) bond motifs is 1. The van der Waals surface area contributed by atoms with Gasteiger partial charge in [0, 0.05) is 31.9 Å². The molecule has 2 atom stereocenters. The van der Waals surface area contributed by atoms with Gasteiger partial charge in [-0.3, -0.25) is 0 Å². The molecule has 5 rings (SSSR count). The summed E-state index contributed by atoms with van der Waals surface area (Å²) in [7, 11) is 1.54. The molecular weight excluding hydrogens is 451 g/mol. The highest BCUT2D eigenvalue weighted by molar-refractivity contribution is 5.91. The fourth-order valence-corrected chi connectivity index (χ4v) is 4.28. The smallest absolute Gasteiger partial charge is 0.407 e. The van der Waals surface area contributed by atoms with Crippen molar-refractivity contribution < 1.29 is 23.8 Å². The van der Waals surface area contributed by atoms with Gasteiger partial charge in [0.15, 0.2) is 5.82 Å². The number of phenolic OH excluding ortho intramolecular Hbond substituents is 1. The number of alkyl carbamates (subject to hydrolysis) is 1. The van der Waals surface area contributed by atoms with Crippen LogP contribution >= 0.6 is 0 Å². The third kappa shape index (κ3) is 5.97. The van der Waals surface area contributed by atoms with Crippen LogP contribution in [-0.4, -0.2) is 60.6 Å². The van der Waals surface area contributed by atoms with Crippen LogP contribution in [0.4, 0.5) is 15.0 Å². The minimum absolute atomic E-state index is 0.0417. The number of phenols is 1. The highest BCUT2D eigenvalue weighted by Gasteiger charge is 2.25. The van der Waals surface area contributed by atoms with Crippen molar-refractivity contribution in [3.63, 3.8) is 0 Å². The summed E-state index contributed by atoms with van der Waals surface area (Å²) in [4.78, 5) is 22.1.